The molecule has 1 saturated carbocycles. The molecule has 4 nitrogen and oxygen atoms in total. The van der Waals surface area contributed by atoms with Gasteiger partial charge in [0.05, 0.1) is 0 Å². The predicted octanol–water partition coefficient (Wildman–Crippen LogP) is 4.42. The summed E-state index contributed by atoms with van der Waals surface area (Å²) in [4.78, 5) is 0. The summed E-state index contributed by atoms with van der Waals surface area (Å²) in [5.74, 6) is 1.41. The molecule has 0 amide bonds. The Morgan fingerprint density at radius 2 is 1.55 bits per heavy atom. The fourth-order valence-corrected chi connectivity index (χ4v) is 4.53. The van der Waals surface area contributed by atoms with Gasteiger partial charge in [-0.05, 0) is 29.7 Å². The minimum Gasteiger partial charge on any atom is -0.316 e. The second-order valence-corrected chi connectivity index (χ2v) is 9.88. The van der Waals surface area contributed by atoms with E-state index in [2.05, 4.69) is 5.32 Å². The van der Waals surface area contributed by atoms with Gasteiger partial charge in [-0.15, -0.1) is 0 Å². The molecule has 2 N–H and O–H groups in total. The van der Waals surface area contributed by atoms with Crippen molar-refractivity contribution < 1.29 is 13.0 Å². The fourth-order valence-electron chi connectivity index (χ4n) is 3.21. The predicted molar refractivity (Wildman–Crippen MR) is 95.8 cm³/mol. The molecule has 1 rings (SSSR count). The Morgan fingerprint density at radius 3 is 2.23 bits per heavy atom. The molecule has 0 unspecified atom stereocenters. The van der Waals surface area contributed by atoms with Crippen LogP contribution in [0.5, 0.6) is 0 Å². The summed E-state index contributed by atoms with van der Waals surface area (Å²) in [6.07, 6.45) is 16.6. The van der Waals surface area contributed by atoms with E-state index in [9.17, 15) is 8.42 Å². The molecular formula is C16H33NO3S2. The van der Waals surface area contributed by atoms with Crippen molar-refractivity contribution in [2.24, 2.45) is 5.92 Å². The van der Waals surface area contributed by atoms with E-state index >= 15 is 0 Å². The summed E-state index contributed by atoms with van der Waals surface area (Å²) in [5.41, 5.74) is 0. The first kappa shape index (κ1) is 20.3. The molecule has 0 aromatic rings. The van der Waals surface area contributed by atoms with Crippen LogP contribution < -0.4 is 5.32 Å². The number of rotatable bonds is 12. The molecule has 0 saturated heterocycles. The van der Waals surface area contributed by atoms with Crippen molar-refractivity contribution in [1.29, 1.82) is 0 Å². The first-order chi connectivity index (χ1) is 10.6. The van der Waals surface area contributed by atoms with Crippen molar-refractivity contribution in [2.75, 3.05) is 18.8 Å². The zero-order valence-electron chi connectivity index (χ0n) is 13.8. The van der Waals surface area contributed by atoms with Crippen LogP contribution in [0.15, 0.2) is 0 Å². The molecular weight excluding hydrogens is 318 g/mol. The molecule has 0 aliphatic heterocycles. The SMILES string of the molecule is O=S(=O)(O)SCCNCCCCCCCC1CCCCCC1. The molecule has 1 aliphatic carbocycles. The number of unbranched alkanes of at least 4 members (excludes halogenated alkanes) is 4. The van der Waals surface area contributed by atoms with Crippen molar-refractivity contribution >= 4 is 19.9 Å². The average molecular weight is 352 g/mol. The molecule has 6 heteroatoms. The van der Waals surface area contributed by atoms with Gasteiger partial charge in [0.15, 0.2) is 0 Å². The molecule has 1 aliphatic rings. The molecule has 0 radical (unpaired) electrons. The summed E-state index contributed by atoms with van der Waals surface area (Å²) < 4.78 is 29.5. The van der Waals surface area contributed by atoms with Crippen LogP contribution in [0.2, 0.25) is 0 Å². The van der Waals surface area contributed by atoms with Gasteiger partial charge in [0.25, 0.3) is 0 Å². The zero-order valence-corrected chi connectivity index (χ0v) is 15.4. The summed E-state index contributed by atoms with van der Waals surface area (Å²) >= 11 is 0. The van der Waals surface area contributed by atoms with Crippen LogP contribution >= 0.6 is 10.8 Å². The summed E-state index contributed by atoms with van der Waals surface area (Å²) in [5, 5.41) is 3.21. The topological polar surface area (TPSA) is 66.4 Å². The van der Waals surface area contributed by atoms with Gasteiger partial charge in [-0.25, -0.2) is 0 Å². The van der Waals surface area contributed by atoms with Crippen LogP contribution in [0.4, 0.5) is 0 Å². The standard InChI is InChI=1S/C16H33NO3S2/c18-22(19,20)21-15-14-17-13-9-5-1-2-6-10-16-11-7-3-4-8-12-16/h16-17H,1-15H2,(H,18,19,20). The maximum Gasteiger partial charge on any atom is 0.319 e. The second-order valence-electron chi connectivity index (χ2n) is 6.41. The van der Waals surface area contributed by atoms with Crippen LogP contribution in [0.25, 0.3) is 0 Å². The van der Waals surface area contributed by atoms with E-state index in [1.54, 1.807) is 0 Å². The maximum absolute atomic E-state index is 10.5. The highest BCUT2D eigenvalue weighted by atomic mass is 33.1. The van der Waals surface area contributed by atoms with Crippen molar-refractivity contribution in [3.8, 4) is 0 Å². The lowest BCUT2D eigenvalue weighted by Crippen LogP contribution is -2.18. The third kappa shape index (κ3) is 12.7. The molecule has 1 fully saturated rings. The Bertz CT molecular complexity index is 352. The Hall–Kier alpha value is 0.220. The fraction of sp³-hybridized carbons (Fsp3) is 1.00. The summed E-state index contributed by atoms with van der Waals surface area (Å²) in [6, 6.07) is 0. The quantitative estimate of drug-likeness (QED) is 0.236. The minimum atomic E-state index is -3.87. The Balaban J connectivity index is 1.79. The second kappa shape index (κ2) is 12.6. The number of nitrogens with one attached hydrogen (secondary N) is 1. The van der Waals surface area contributed by atoms with Gasteiger partial charge < -0.3 is 5.32 Å². The lowest BCUT2D eigenvalue weighted by atomic mass is 9.93. The van der Waals surface area contributed by atoms with Crippen LogP contribution in [0.3, 0.4) is 0 Å². The van der Waals surface area contributed by atoms with Gasteiger partial charge >= 0.3 is 9.15 Å². The van der Waals surface area contributed by atoms with E-state index in [1.807, 2.05) is 0 Å². The first-order valence-corrected chi connectivity index (χ1v) is 11.8. The van der Waals surface area contributed by atoms with Gasteiger partial charge in [-0.1, -0.05) is 70.6 Å². The normalized spacial score (nSPS) is 17.5. The van der Waals surface area contributed by atoms with Crippen LogP contribution in [0.1, 0.15) is 77.0 Å². The summed E-state index contributed by atoms with van der Waals surface area (Å²) in [7, 11) is -3.28. The average Bonchev–Trinajstić information content (AvgIpc) is 2.72. The zero-order chi connectivity index (χ0) is 16.1. The van der Waals surface area contributed by atoms with Gasteiger partial charge in [0.1, 0.15) is 0 Å². The summed E-state index contributed by atoms with van der Waals surface area (Å²) in [6.45, 7) is 1.57. The molecule has 132 valence electrons. The molecule has 0 spiro atoms. The Labute approximate surface area is 140 Å². The minimum absolute atomic E-state index is 0.403. The van der Waals surface area contributed by atoms with Crippen molar-refractivity contribution in [3.05, 3.63) is 0 Å². The van der Waals surface area contributed by atoms with Crippen LogP contribution in [0, 0.1) is 5.92 Å². The Kier molecular flexibility index (Phi) is 11.6. The molecule has 0 bridgehead atoms. The maximum atomic E-state index is 10.5. The number of hydrogen-bond acceptors (Lipinski definition) is 4. The lowest BCUT2D eigenvalue weighted by molar-refractivity contribution is 0.404. The van der Waals surface area contributed by atoms with Gasteiger partial charge in [-0.2, -0.15) is 8.42 Å². The highest BCUT2D eigenvalue weighted by Gasteiger charge is 2.11. The van der Waals surface area contributed by atoms with E-state index in [1.165, 1.54) is 70.6 Å². The third-order valence-electron chi connectivity index (χ3n) is 4.45. The van der Waals surface area contributed by atoms with Crippen molar-refractivity contribution in [1.82, 2.24) is 5.32 Å². The van der Waals surface area contributed by atoms with Gasteiger partial charge in [0.2, 0.25) is 0 Å². The monoisotopic (exact) mass is 351 g/mol. The highest BCUT2D eigenvalue weighted by molar-refractivity contribution is 8.69. The smallest absolute Gasteiger partial charge is 0.316 e. The van der Waals surface area contributed by atoms with E-state index in [0.717, 1.165) is 18.9 Å². The lowest BCUT2D eigenvalue weighted by Gasteiger charge is -2.13. The molecule has 0 aromatic carbocycles. The molecule has 0 aromatic heterocycles. The molecule has 0 heterocycles. The van der Waals surface area contributed by atoms with E-state index in [-0.39, 0.29) is 0 Å². The Morgan fingerprint density at radius 1 is 0.909 bits per heavy atom. The van der Waals surface area contributed by atoms with Crippen molar-refractivity contribution in [2.45, 2.75) is 77.0 Å². The highest BCUT2D eigenvalue weighted by Crippen LogP contribution is 2.27. The van der Waals surface area contributed by atoms with Gasteiger partial charge in [0, 0.05) is 12.3 Å². The molecule has 0 atom stereocenters. The van der Waals surface area contributed by atoms with E-state index < -0.39 is 9.15 Å². The van der Waals surface area contributed by atoms with Crippen LogP contribution in [-0.2, 0) is 9.15 Å². The number of hydrogen-bond donors (Lipinski definition) is 2. The van der Waals surface area contributed by atoms with Crippen LogP contribution in [-0.4, -0.2) is 31.8 Å². The van der Waals surface area contributed by atoms with E-state index in [4.69, 9.17) is 4.55 Å². The molecule has 22 heavy (non-hydrogen) atoms. The van der Waals surface area contributed by atoms with Crippen molar-refractivity contribution in [3.63, 3.8) is 0 Å². The van der Waals surface area contributed by atoms with Gasteiger partial charge in [-0.3, -0.25) is 4.55 Å². The third-order valence-corrected chi connectivity index (χ3v) is 6.51. The first-order valence-electron chi connectivity index (χ1n) is 8.90. The van der Waals surface area contributed by atoms with E-state index in [0.29, 0.717) is 23.1 Å². The largest absolute Gasteiger partial charge is 0.319 e.